The highest BCUT2D eigenvalue weighted by atomic mass is 32.2. The van der Waals surface area contributed by atoms with Gasteiger partial charge in [-0.05, 0) is 0 Å². The van der Waals surface area contributed by atoms with E-state index in [0.717, 1.165) is 11.5 Å². The van der Waals surface area contributed by atoms with E-state index >= 15 is 0 Å². The lowest BCUT2D eigenvalue weighted by atomic mass is 9.91. The highest BCUT2D eigenvalue weighted by molar-refractivity contribution is 8.04. The molecular weight excluding hydrogens is 194 g/mol. The smallest absolute Gasteiger partial charge is 0.161 e. The van der Waals surface area contributed by atoms with Crippen molar-refractivity contribution >= 4 is 17.5 Å². The first-order valence-corrected chi connectivity index (χ1v) is 5.23. The minimum absolute atomic E-state index is 0.0186. The van der Waals surface area contributed by atoms with Crippen LogP contribution in [0, 0.1) is 28.1 Å². The van der Waals surface area contributed by atoms with Crippen LogP contribution in [0.2, 0.25) is 0 Å². The van der Waals surface area contributed by atoms with Crippen molar-refractivity contribution in [2.75, 3.05) is 5.75 Å². The minimum atomic E-state index is 0.0186. The second-order valence-electron chi connectivity index (χ2n) is 4.00. The zero-order chi connectivity index (χ0) is 10.8. The number of hydrogen-bond donors (Lipinski definition) is 0. The molecule has 0 aromatic rings. The van der Waals surface area contributed by atoms with Gasteiger partial charge >= 0.3 is 0 Å². The van der Waals surface area contributed by atoms with Gasteiger partial charge in [-0.1, -0.05) is 32.5 Å². The lowest BCUT2D eigenvalue weighted by Gasteiger charge is -2.16. The van der Waals surface area contributed by atoms with Crippen molar-refractivity contribution in [2.24, 2.45) is 10.4 Å². The molecule has 3 nitrogen and oxygen atoms in total. The quantitative estimate of drug-likeness (QED) is 0.571. The van der Waals surface area contributed by atoms with Crippen LogP contribution in [0.4, 0.5) is 0 Å². The van der Waals surface area contributed by atoms with Crippen molar-refractivity contribution < 1.29 is 0 Å². The van der Waals surface area contributed by atoms with Gasteiger partial charge in [-0.2, -0.15) is 10.5 Å². The first-order chi connectivity index (χ1) is 6.49. The van der Waals surface area contributed by atoms with Crippen molar-refractivity contribution in [2.45, 2.75) is 20.8 Å². The van der Waals surface area contributed by atoms with Crippen LogP contribution in [0.25, 0.3) is 0 Å². The number of thioether (sulfide) groups is 1. The Morgan fingerprint density at radius 2 is 1.93 bits per heavy atom. The maximum Gasteiger partial charge on any atom is 0.161 e. The molecule has 1 aliphatic rings. The van der Waals surface area contributed by atoms with Crippen molar-refractivity contribution in [3.8, 4) is 12.1 Å². The Labute approximate surface area is 88.1 Å². The molecule has 0 fully saturated rings. The summed E-state index contributed by atoms with van der Waals surface area (Å²) >= 11 is 1.47. The number of allylic oxidation sites excluding steroid dienone is 1. The van der Waals surface area contributed by atoms with Gasteiger partial charge in [-0.3, -0.25) is 0 Å². The molecule has 0 aromatic heterocycles. The van der Waals surface area contributed by atoms with Gasteiger partial charge in [0.2, 0.25) is 0 Å². The predicted octanol–water partition coefficient (Wildman–Crippen LogP) is 2.48. The molecule has 0 aromatic carbocycles. The van der Waals surface area contributed by atoms with Gasteiger partial charge in [-0.15, -0.1) is 0 Å². The molecule has 1 aliphatic heterocycles. The molecule has 0 unspecified atom stereocenters. The van der Waals surface area contributed by atoms with Crippen LogP contribution in [-0.4, -0.2) is 11.5 Å². The average molecular weight is 205 g/mol. The number of nitrogens with zero attached hydrogens (tertiary/aromatic N) is 3. The monoisotopic (exact) mass is 205 g/mol. The molecule has 72 valence electrons. The highest BCUT2D eigenvalue weighted by Gasteiger charge is 2.25. The lowest BCUT2D eigenvalue weighted by Crippen LogP contribution is -2.20. The van der Waals surface area contributed by atoms with E-state index in [1.165, 1.54) is 11.8 Å². The molecule has 1 heterocycles. The molecule has 14 heavy (non-hydrogen) atoms. The maximum absolute atomic E-state index is 8.66. The third kappa shape index (κ3) is 2.16. The van der Waals surface area contributed by atoms with Crippen molar-refractivity contribution in [3.63, 3.8) is 0 Å². The summed E-state index contributed by atoms with van der Waals surface area (Å²) in [5.74, 6) is 0.783. The van der Waals surface area contributed by atoms with E-state index in [2.05, 4.69) is 25.8 Å². The molecule has 0 N–H and O–H groups in total. The molecule has 0 radical (unpaired) electrons. The fourth-order valence-electron chi connectivity index (χ4n) is 0.957. The summed E-state index contributed by atoms with van der Waals surface area (Å²) in [5.41, 5.74) is 1.18. The normalized spacial score (nSPS) is 15.8. The molecule has 0 bridgehead atoms. The molecule has 0 amide bonds. The Kier molecular flexibility index (Phi) is 2.98. The zero-order valence-corrected chi connectivity index (χ0v) is 9.27. The zero-order valence-electron chi connectivity index (χ0n) is 8.46. The van der Waals surface area contributed by atoms with Gasteiger partial charge in [-0.25, -0.2) is 4.99 Å². The molecular formula is C10H11N3S. The summed E-state index contributed by atoms with van der Waals surface area (Å²) in [7, 11) is 0. The summed E-state index contributed by atoms with van der Waals surface area (Å²) in [6.07, 6.45) is 0. The fourth-order valence-corrected chi connectivity index (χ4v) is 2.14. The van der Waals surface area contributed by atoms with E-state index in [1.807, 2.05) is 12.1 Å². The van der Waals surface area contributed by atoms with Crippen molar-refractivity contribution in [1.29, 1.82) is 10.5 Å². The highest BCUT2D eigenvalue weighted by Crippen LogP contribution is 2.33. The molecule has 0 saturated heterocycles. The third-order valence-electron chi connectivity index (χ3n) is 1.89. The Balaban J connectivity index is 3.05. The number of hydrogen-bond acceptors (Lipinski definition) is 4. The van der Waals surface area contributed by atoms with Gasteiger partial charge < -0.3 is 0 Å². The number of nitriles is 2. The van der Waals surface area contributed by atoms with Crippen LogP contribution >= 0.6 is 11.8 Å². The van der Waals surface area contributed by atoms with Crippen LogP contribution in [0.15, 0.2) is 15.6 Å². The van der Waals surface area contributed by atoms with Gasteiger partial charge in [0.25, 0.3) is 0 Å². The van der Waals surface area contributed by atoms with Gasteiger partial charge in [0.05, 0.1) is 0 Å². The van der Waals surface area contributed by atoms with Gasteiger partial charge in [0.1, 0.15) is 17.2 Å². The Morgan fingerprint density at radius 3 is 2.29 bits per heavy atom. The second-order valence-corrected chi connectivity index (χ2v) is 4.96. The Morgan fingerprint density at radius 1 is 1.36 bits per heavy atom. The predicted molar refractivity (Wildman–Crippen MR) is 57.6 cm³/mol. The standard InChI is InChI=1S/C10H11N3S/c1-10(2,3)8-6-14-9(13-8)7(4-11)5-12/h6H2,1-3H3. The van der Waals surface area contributed by atoms with Crippen LogP contribution < -0.4 is 0 Å². The third-order valence-corrected chi connectivity index (χ3v) is 2.87. The summed E-state index contributed by atoms with van der Waals surface area (Å²) in [6.45, 7) is 6.23. The van der Waals surface area contributed by atoms with E-state index in [-0.39, 0.29) is 11.0 Å². The van der Waals surface area contributed by atoms with Crippen molar-refractivity contribution in [1.82, 2.24) is 0 Å². The van der Waals surface area contributed by atoms with Gasteiger partial charge in [0, 0.05) is 16.9 Å². The van der Waals surface area contributed by atoms with Gasteiger partial charge in [0.15, 0.2) is 5.57 Å². The van der Waals surface area contributed by atoms with E-state index in [9.17, 15) is 0 Å². The summed E-state index contributed by atoms with van der Waals surface area (Å²) < 4.78 is 0. The molecule has 0 atom stereocenters. The number of aliphatic imine (C=N–C) groups is 1. The largest absolute Gasteiger partial charge is 0.247 e. The van der Waals surface area contributed by atoms with Crippen LogP contribution in [-0.2, 0) is 0 Å². The second kappa shape index (κ2) is 3.86. The molecule has 0 aliphatic carbocycles. The molecule has 1 rings (SSSR count). The van der Waals surface area contributed by atoms with Crippen LogP contribution in [0.3, 0.4) is 0 Å². The maximum atomic E-state index is 8.66. The summed E-state index contributed by atoms with van der Waals surface area (Å²) in [6, 6.07) is 3.71. The van der Waals surface area contributed by atoms with E-state index in [0.29, 0.717) is 5.03 Å². The molecule has 4 heteroatoms. The van der Waals surface area contributed by atoms with E-state index in [1.54, 1.807) is 0 Å². The number of rotatable bonds is 0. The topological polar surface area (TPSA) is 59.9 Å². The first-order valence-electron chi connectivity index (χ1n) is 4.24. The SMILES string of the molecule is CC(C)(C)C1=NC(=C(C#N)C#N)SC1. The first kappa shape index (κ1) is 10.8. The molecule has 0 spiro atoms. The van der Waals surface area contributed by atoms with Crippen molar-refractivity contribution in [3.05, 3.63) is 10.6 Å². The average Bonchev–Trinajstić information content (AvgIpc) is 2.54. The summed E-state index contributed by atoms with van der Waals surface area (Å²) in [5, 5.41) is 17.9. The van der Waals surface area contributed by atoms with E-state index < -0.39 is 0 Å². The lowest BCUT2D eigenvalue weighted by molar-refractivity contribution is 0.590. The fraction of sp³-hybridized carbons (Fsp3) is 0.500. The van der Waals surface area contributed by atoms with Crippen LogP contribution in [0.5, 0.6) is 0 Å². The molecule has 0 saturated carbocycles. The van der Waals surface area contributed by atoms with E-state index in [4.69, 9.17) is 10.5 Å². The summed E-state index contributed by atoms with van der Waals surface area (Å²) in [4.78, 5) is 4.32. The minimum Gasteiger partial charge on any atom is -0.247 e. The van der Waals surface area contributed by atoms with Crippen LogP contribution in [0.1, 0.15) is 20.8 Å². The Hall–Kier alpha value is -1.26. The Bertz CT molecular complexity index is 369.